The molecule has 0 heterocycles. The van der Waals surface area contributed by atoms with Gasteiger partial charge in [-0.1, -0.05) is 24.3 Å². The summed E-state index contributed by atoms with van der Waals surface area (Å²) in [5, 5.41) is 9.10. The molecule has 0 amide bonds. The normalized spacial score (nSPS) is 9.90. The molecule has 0 saturated carbocycles. The zero-order chi connectivity index (χ0) is 14.5. The van der Waals surface area contributed by atoms with Crippen LogP contribution < -0.4 is 9.64 Å². The van der Waals surface area contributed by atoms with Crippen molar-refractivity contribution in [3.63, 3.8) is 0 Å². The van der Waals surface area contributed by atoms with Crippen LogP contribution in [-0.2, 0) is 6.54 Å². The van der Waals surface area contributed by atoms with Crippen LogP contribution in [0, 0.1) is 17.1 Å². The second-order valence-electron chi connectivity index (χ2n) is 4.42. The van der Waals surface area contributed by atoms with Crippen molar-refractivity contribution in [1.29, 1.82) is 5.26 Å². The van der Waals surface area contributed by atoms with E-state index in [1.165, 1.54) is 7.11 Å². The number of hydrogen-bond donors (Lipinski definition) is 0. The summed E-state index contributed by atoms with van der Waals surface area (Å²) in [6, 6.07) is 14.4. The minimum Gasteiger partial charge on any atom is -0.494 e. The van der Waals surface area contributed by atoms with Crippen molar-refractivity contribution in [1.82, 2.24) is 0 Å². The molecular formula is C16H15FN2O. The fourth-order valence-corrected chi connectivity index (χ4v) is 2.08. The Kier molecular flexibility index (Phi) is 4.21. The van der Waals surface area contributed by atoms with Gasteiger partial charge in [0.25, 0.3) is 0 Å². The minimum atomic E-state index is -0.365. The highest BCUT2D eigenvalue weighted by Gasteiger charge is 2.12. The summed E-state index contributed by atoms with van der Waals surface area (Å²) >= 11 is 0. The molecule has 20 heavy (non-hydrogen) atoms. The Morgan fingerprint density at radius 1 is 1.20 bits per heavy atom. The first-order chi connectivity index (χ1) is 9.67. The molecule has 0 saturated heterocycles. The zero-order valence-corrected chi connectivity index (χ0v) is 11.4. The third-order valence-electron chi connectivity index (χ3n) is 3.11. The van der Waals surface area contributed by atoms with Crippen molar-refractivity contribution in [3.8, 4) is 11.8 Å². The summed E-state index contributed by atoms with van der Waals surface area (Å²) in [5.41, 5.74) is 1.87. The van der Waals surface area contributed by atoms with Gasteiger partial charge in [0.2, 0.25) is 0 Å². The number of para-hydroxylation sites is 1. The summed E-state index contributed by atoms with van der Waals surface area (Å²) in [5.74, 6) is -0.138. The van der Waals surface area contributed by atoms with E-state index in [0.717, 1.165) is 5.69 Å². The summed E-state index contributed by atoms with van der Waals surface area (Å²) < 4.78 is 19.1. The molecule has 4 heteroatoms. The fourth-order valence-electron chi connectivity index (χ4n) is 2.08. The maximum absolute atomic E-state index is 14.1. The van der Waals surface area contributed by atoms with E-state index in [-0.39, 0.29) is 11.6 Å². The largest absolute Gasteiger partial charge is 0.494 e. The summed E-state index contributed by atoms with van der Waals surface area (Å²) in [4.78, 5) is 1.84. The molecular weight excluding hydrogens is 255 g/mol. The summed E-state index contributed by atoms with van der Waals surface area (Å²) in [6.45, 7) is 0.363. The van der Waals surface area contributed by atoms with Gasteiger partial charge in [0.05, 0.1) is 18.4 Å². The Morgan fingerprint density at radius 3 is 2.65 bits per heavy atom. The van der Waals surface area contributed by atoms with Gasteiger partial charge >= 0.3 is 0 Å². The molecule has 0 atom stereocenters. The van der Waals surface area contributed by atoms with Crippen LogP contribution in [0.15, 0.2) is 42.5 Å². The Bertz CT molecular complexity index is 649. The van der Waals surface area contributed by atoms with Gasteiger partial charge in [0.1, 0.15) is 6.07 Å². The molecule has 2 rings (SSSR count). The van der Waals surface area contributed by atoms with E-state index in [1.54, 1.807) is 24.3 Å². The van der Waals surface area contributed by atoms with Crippen molar-refractivity contribution >= 4 is 5.69 Å². The van der Waals surface area contributed by atoms with Gasteiger partial charge in [-0.05, 0) is 18.2 Å². The topological polar surface area (TPSA) is 36.3 Å². The van der Waals surface area contributed by atoms with E-state index >= 15 is 0 Å². The van der Waals surface area contributed by atoms with Crippen LogP contribution in [0.2, 0.25) is 0 Å². The Morgan fingerprint density at radius 2 is 1.95 bits per heavy atom. The molecule has 0 radical (unpaired) electrons. The maximum atomic E-state index is 14.1. The van der Waals surface area contributed by atoms with Gasteiger partial charge < -0.3 is 9.64 Å². The smallest absolute Gasteiger partial charge is 0.170 e. The van der Waals surface area contributed by atoms with Gasteiger partial charge in [-0.2, -0.15) is 5.26 Å². The van der Waals surface area contributed by atoms with E-state index in [4.69, 9.17) is 10.00 Å². The predicted octanol–water partition coefficient (Wildman–Crippen LogP) is 3.34. The number of hydrogen-bond acceptors (Lipinski definition) is 3. The number of anilines is 1. The molecule has 0 aromatic heterocycles. The third kappa shape index (κ3) is 2.72. The number of nitrogens with zero attached hydrogens (tertiary/aromatic N) is 2. The molecule has 2 aromatic rings. The van der Waals surface area contributed by atoms with Crippen molar-refractivity contribution in [2.45, 2.75) is 6.54 Å². The first-order valence-electron chi connectivity index (χ1n) is 6.19. The zero-order valence-electron chi connectivity index (χ0n) is 11.4. The second-order valence-corrected chi connectivity index (χ2v) is 4.42. The molecule has 0 aliphatic carbocycles. The van der Waals surface area contributed by atoms with Crippen molar-refractivity contribution in [2.24, 2.45) is 0 Å². The second kappa shape index (κ2) is 6.07. The van der Waals surface area contributed by atoms with E-state index in [1.807, 2.05) is 30.1 Å². The van der Waals surface area contributed by atoms with E-state index in [0.29, 0.717) is 17.7 Å². The van der Waals surface area contributed by atoms with Gasteiger partial charge in [0, 0.05) is 19.2 Å². The van der Waals surface area contributed by atoms with Gasteiger partial charge in [-0.3, -0.25) is 0 Å². The first-order valence-corrected chi connectivity index (χ1v) is 6.19. The molecule has 0 aliphatic heterocycles. The van der Waals surface area contributed by atoms with Crippen LogP contribution in [0.3, 0.4) is 0 Å². The van der Waals surface area contributed by atoms with Crippen LogP contribution in [0.4, 0.5) is 10.1 Å². The standard InChI is InChI=1S/C16H15FN2O/c1-19(14-8-4-3-6-12(14)10-18)11-13-7-5-9-15(20-2)16(13)17/h3-9H,11H2,1-2H3. The van der Waals surface area contributed by atoms with Crippen molar-refractivity contribution in [3.05, 3.63) is 59.4 Å². The lowest BCUT2D eigenvalue weighted by atomic mass is 10.1. The van der Waals surface area contributed by atoms with Crippen molar-refractivity contribution < 1.29 is 9.13 Å². The fraction of sp³-hybridized carbons (Fsp3) is 0.188. The number of methoxy groups -OCH3 is 1. The number of halogens is 1. The monoisotopic (exact) mass is 270 g/mol. The van der Waals surface area contributed by atoms with Crippen LogP contribution >= 0.6 is 0 Å². The van der Waals surface area contributed by atoms with Crippen LogP contribution in [0.5, 0.6) is 5.75 Å². The summed E-state index contributed by atoms with van der Waals surface area (Å²) in [6.07, 6.45) is 0. The maximum Gasteiger partial charge on any atom is 0.170 e. The molecule has 2 aromatic carbocycles. The number of ether oxygens (including phenoxy) is 1. The van der Waals surface area contributed by atoms with Crippen molar-refractivity contribution in [2.75, 3.05) is 19.1 Å². The Labute approximate surface area is 117 Å². The highest BCUT2D eigenvalue weighted by Crippen LogP contribution is 2.24. The predicted molar refractivity (Wildman–Crippen MR) is 76.2 cm³/mol. The molecule has 0 spiro atoms. The molecule has 0 N–H and O–H groups in total. The van der Waals surface area contributed by atoms with E-state index < -0.39 is 0 Å². The van der Waals surface area contributed by atoms with Crippen LogP contribution in [0.1, 0.15) is 11.1 Å². The van der Waals surface area contributed by atoms with Crippen LogP contribution in [-0.4, -0.2) is 14.2 Å². The Hall–Kier alpha value is -2.54. The first kappa shape index (κ1) is 13.9. The molecule has 0 fully saturated rings. The minimum absolute atomic E-state index is 0.226. The van der Waals surface area contributed by atoms with E-state index in [9.17, 15) is 4.39 Å². The average molecular weight is 270 g/mol. The average Bonchev–Trinajstić information content (AvgIpc) is 2.49. The number of benzene rings is 2. The molecule has 0 unspecified atom stereocenters. The highest BCUT2D eigenvalue weighted by atomic mass is 19.1. The summed E-state index contributed by atoms with van der Waals surface area (Å²) in [7, 11) is 3.27. The Balaban J connectivity index is 2.29. The van der Waals surface area contributed by atoms with Crippen LogP contribution in [0.25, 0.3) is 0 Å². The van der Waals surface area contributed by atoms with Gasteiger partial charge in [-0.25, -0.2) is 4.39 Å². The molecule has 0 bridgehead atoms. The lowest BCUT2D eigenvalue weighted by molar-refractivity contribution is 0.384. The van der Waals surface area contributed by atoms with Gasteiger partial charge in [-0.15, -0.1) is 0 Å². The third-order valence-corrected chi connectivity index (χ3v) is 3.11. The quantitative estimate of drug-likeness (QED) is 0.855. The number of nitriles is 1. The molecule has 3 nitrogen and oxygen atoms in total. The molecule has 102 valence electrons. The number of rotatable bonds is 4. The SMILES string of the molecule is COc1cccc(CN(C)c2ccccc2C#N)c1F. The lowest BCUT2D eigenvalue weighted by Gasteiger charge is -2.21. The lowest BCUT2D eigenvalue weighted by Crippen LogP contribution is -2.18. The molecule has 0 aliphatic rings. The van der Waals surface area contributed by atoms with E-state index in [2.05, 4.69) is 6.07 Å². The highest BCUT2D eigenvalue weighted by molar-refractivity contribution is 5.59. The van der Waals surface area contributed by atoms with Gasteiger partial charge in [0.15, 0.2) is 11.6 Å².